The first kappa shape index (κ1) is 16.7. The Bertz CT molecular complexity index is 832. The van der Waals surface area contributed by atoms with Gasteiger partial charge in [0.2, 0.25) is 0 Å². The molecule has 0 radical (unpaired) electrons. The molecule has 2 heterocycles. The van der Waals surface area contributed by atoms with Crippen molar-refractivity contribution in [2.45, 2.75) is 12.1 Å². The summed E-state index contributed by atoms with van der Waals surface area (Å²) in [4.78, 5) is 3.90. The van der Waals surface area contributed by atoms with E-state index in [9.17, 15) is 13.2 Å². The van der Waals surface area contributed by atoms with Crippen LogP contribution in [0.3, 0.4) is 0 Å². The van der Waals surface area contributed by atoms with Crippen LogP contribution in [-0.2, 0) is 6.18 Å². The van der Waals surface area contributed by atoms with Crippen molar-refractivity contribution in [3.63, 3.8) is 0 Å². The molecule has 0 saturated carbocycles. The summed E-state index contributed by atoms with van der Waals surface area (Å²) in [5, 5.41) is 13.6. The van der Waals surface area contributed by atoms with Gasteiger partial charge >= 0.3 is 6.18 Å². The fourth-order valence-corrected chi connectivity index (χ4v) is 2.97. The van der Waals surface area contributed by atoms with E-state index in [-0.39, 0.29) is 27.1 Å². The molecule has 0 amide bonds. The van der Waals surface area contributed by atoms with Crippen LogP contribution in [0.2, 0.25) is 10.0 Å². The zero-order valence-corrected chi connectivity index (χ0v) is 13.2. The lowest BCUT2D eigenvalue weighted by molar-refractivity contribution is -0.138. The van der Waals surface area contributed by atoms with E-state index >= 15 is 0 Å². The second-order valence-corrected chi connectivity index (χ2v) is 5.59. The SMILES string of the molecule is FC(F)(F)c1cccnc1C(c1nn[nH]n1)c1c(Cl)cccc1Cl. The second-order valence-electron chi connectivity index (χ2n) is 4.77. The molecule has 1 aromatic carbocycles. The van der Waals surface area contributed by atoms with Crippen LogP contribution >= 0.6 is 23.2 Å². The number of benzene rings is 1. The number of aromatic nitrogens is 5. The molecule has 0 spiro atoms. The smallest absolute Gasteiger partial charge is 0.260 e. The van der Waals surface area contributed by atoms with E-state index in [0.29, 0.717) is 0 Å². The van der Waals surface area contributed by atoms with Crippen molar-refractivity contribution in [3.8, 4) is 0 Å². The fourth-order valence-electron chi connectivity index (χ4n) is 2.35. The Balaban J connectivity index is 2.30. The number of alkyl halides is 3. The van der Waals surface area contributed by atoms with Crippen LogP contribution in [0.5, 0.6) is 0 Å². The van der Waals surface area contributed by atoms with E-state index in [1.165, 1.54) is 24.4 Å². The largest absolute Gasteiger partial charge is 0.418 e. The van der Waals surface area contributed by atoms with Crippen molar-refractivity contribution in [2.75, 3.05) is 0 Å². The minimum absolute atomic E-state index is 0.0193. The molecule has 2 aromatic heterocycles. The van der Waals surface area contributed by atoms with E-state index in [1.807, 2.05) is 0 Å². The summed E-state index contributed by atoms with van der Waals surface area (Å²) in [6.07, 6.45) is -3.36. The summed E-state index contributed by atoms with van der Waals surface area (Å²) < 4.78 is 40.2. The molecule has 0 bridgehead atoms. The van der Waals surface area contributed by atoms with Crippen LogP contribution in [0, 0.1) is 0 Å². The Hall–Kier alpha value is -2.19. The molecule has 3 aromatic rings. The van der Waals surface area contributed by atoms with Gasteiger partial charge in [-0.2, -0.15) is 18.4 Å². The highest BCUT2D eigenvalue weighted by Gasteiger charge is 2.39. The van der Waals surface area contributed by atoms with Gasteiger partial charge < -0.3 is 0 Å². The van der Waals surface area contributed by atoms with Gasteiger partial charge in [-0.3, -0.25) is 4.98 Å². The van der Waals surface area contributed by atoms with Crippen LogP contribution in [0.4, 0.5) is 13.2 Å². The van der Waals surface area contributed by atoms with Crippen LogP contribution in [-0.4, -0.2) is 25.6 Å². The van der Waals surface area contributed by atoms with Crippen LogP contribution in [0.1, 0.15) is 28.6 Å². The number of rotatable bonds is 3. The van der Waals surface area contributed by atoms with Crippen LogP contribution in [0.15, 0.2) is 36.5 Å². The van der Waals surface area contributed by atoms with Crippen molar-refractivity contribution < 1.29 is 13.2 Å². The number of aromatic amines is 1. The third-order valence-electron chi connectivity index (χ3n) is 3.33. The number of nitrogens with one attached hydrogen (secondary N) is 1. The third kappa shape index (κ3) is 3.07. The van der Waals surface area contributed by atoms with Crippen molar-refractivity contribution >= 4 is 23.2 Å². The molecule has 0 fully saturated rings. The summed E-state index contributed by atoms with van der Waals surface area (Å²) in [5.74, 6) is -1.14. The predicted molar refractivity (Wildman–Crippen MR) is 80.8 cm³/mol. The van der Waals surface area contributed by atoms with E-state index < -0.39 is 17.7 Å². The van der Waals surface area contributed by atoms with Gasteiger partial charge in [-0.15, -0.1) is 10.2 Å². The summed E-state index contributed by atoms with van der Waals surface area (Å²) in [5.41, 5.74) is -0.997. The Morgan fingerprint density at radius 1 is 1.04 bits per heavy atom. The highest BCUT2D eigenvalue weighted by Crippen LogP contribution is 2.42. The number of nitrogens with zero attached hydrogens (tertiary/aromatic N) is 4. The zero-order valence-electron chi connectivity index (χ0n) is 11.7. The molecule has 10 heteroatoms. The molecule has 5 nitrogen and oxygen atoms in total. The van der Waals surface area contributed by atoms with E-state index in [0.717, 1.165) is 6.07 Å². The van der Waals surface area contributed by atoms with Crippen molar-refractivity contribution in [1.29, 1.82) is 0 Å². The monoisotopic (exact) mass is 373 g/mol. The second kappa shape index (κ2) is 6.37. The molecule has 24 heavy (non-hydrogen) atoms. The van der Waals surface area contributed by atoms with Crippen molar-refractivity contribution in [1.82, 2.24) is 25.6 Å². The van der Waals surface area contributed by atoms with Gasteiger partial charge in [-0.1, -0.05) is 34.5 Å². The molecule has 0 aliphatic heterocycles. The summed E-state index contributed by atoms with van der Waals surface area (Å²) in [6.45, 7) is 0. The number of H-pyrrole nitrogens is 1. The van der Waals surface area contributed by atoms with E-state index in [2.05, 4.69) is 25.6 Å². The Labute approximate surface area is 143 Å². The van der Waals surface area contributed by atoms with Crippen LogP contribution in [0.25, 0.3) is 0 Å². The van der Waals surface area contributed by atoms with Crippen molar-refractivity contribution in [2.24, 2.45) is 0 Å². The zero-order chi connectivity index (χ0) is 17.3. The summed E-state index contributed by atoms with van der Waals surface area (Å²) in [6, 6.07) is 6.76. The topological polar surface area (TPSA) is 67.3 Å². The Morgan fingerprint density at radius 2 is 1.75 bits per heavy atom. The minimum Gasteiger partial charge on any atom is -0.260 e. The average Bonchev–Trinajstić information content (AvgIpc) is 3.04. The third-order valence-corrected chi connectivity index (χ3v) is 3.98. The lowest BCUT2D eigenvalue weighted by Gasteiger charge is -2.20. The maximum absolute atomic E-state index is 13.4. The van der Waals surface area contributed by atoms with Gasteiger partial charge in [0.05, 0.1) is 17.2 Å². The maximum atomic E-state index is 13.4. The molecule has 124 valence electrons. The molecular formula is C14H8Cl2F3N5. The molecule has 1 unspecified atom stereocenters. The molecule has 0 saturated heterocycles. The number of tetrazole rings is 1. The summed E-state index contributed by atoms with van der Waals surface area (Å²) >= 11 is 12.4. The van der Waals surface area contributed by atoms with Gasteiger partial charge in [0.1, 0.15) is 0 Å². The highest BCUT2D eigenvalue weighted by molar-refractivity contribution is 6.36. The normalized spacial score (nSPS) is 13.0. The number of hydrogen-bond acceptors (Lipinski definition) is 4. The molecule has 0 aliphatic rings. The molecule has 1 atom stereocenters. The van der Waals surface area contributed by atoms with Gasteiger partial charge in [0.25, 0.3) is 0 Å². The van der Waals surface area contributed by atoms with Gasteiger partial charge in [-0.25, -0.2) is 0 Å². The van der Waals surface area contributed by atoms with E-state index in [4.69, 9.17) is 23.2 Å². The number of hydrogen-bond donors (Lipinski definition) is 1. The van der Waals surface area contributed by atoms with Gasteiger partial charge in [0.15, 0.2) is 5.82 Å². The number of halogens is 5. The Kier molecular flexibility index (Phi) is 4.42. The first-order chi connectivity index (χ1) is 11.4. The average molecular weight is 374 g/mol. The fraction of sp³-hybridized carbons (Fsp3) is 0.143. The lowest BCUT2D eigenvalue weighted by atomic mass is 9.91. The van der Waals surface area contributed by atoms with Gasteiger partial charge in [0, 0.05) is 21.8 Å². The first-order valence-corrected chi connectivity index (χ1v) is 7.34. The van der Waals surface area contributed by atoms with E-state index in [1.54, 1.807) is 6.07 Å². The molecule has 1 N–H and O–H groups in total. The summed E-state index contributed by atoms with van der Waals surface area (Å²) in [7, 11) is 0. The molecular weight excluding hydrogens is 366 g/mol. The highest BCUT2D eigenvalue weighted by atomic mass is 35.5. The maximum Gasteiger partial charge on any atom is 0.418 e. The van der Waals surface area contributed by atoms with Gasteiger partial charge in [-0.05, 0) is 24.3 Å². The first-order valence-electron chi connectivity index (χ1n) is 6.59. The predicted octanol–water partition coefficient (Wildman–Crippen LogP) is 4.10. The van der Waals surface area contributed by atoms with Crippen molar-refractivity contribution in [3.05, 3.63) is 69.2 Å². The molecule has 3 rings (SSSR count). The minimum atomic E-state index is -4.61. The lowest BCUT2D eigenvalue weighted by Crippen LogP contribution is -2.17. The van der Waals surface area contributed by atoms with Crippen LogP contribution < -0.4 is 0 Å². The quantitative estimate of drug-likeness (QED) is 0.750. The Morgan fingerprint density at radius 3 is 2.33 bits per heavy atom. The standard InChI is InChI=1S/C14H8Cl2F3N5/c15-8-4-1-5-9(16)10(8)11(13-21-23-24-22-13)12-7(14(17,18)19)3-2-6-20-12/h1-6,11H,(H,21,22,23,24). The number of pyridine rings is 1. The molecule has 0 aliphatic carbocycles.